The Balaban J connectivity index is 0.000000224. The van der Waals surface area contributed by atoms with E-state index in [1.54, 1.807) is 0 Å². The highest BCUT2D eigenvalue weighted by Crippen LogP contribution is 2.28. The first-order valence-electron chi connectivity index (χ1n) is 5.52. The lowest BCUT2D eigenvalue weighted by Crippen LogP contribution is -2.28. The third-order valence-electron chi connectivity index (χ3n) is 2.92. The monoisotopic (exact) mass is 285 g/mol. The molecule has 2 atom stereocenters. The second kappa shape index (κ2) is 6.20. The minimum atomic E-state index is -5.08. The Bertz CT molecular complexity index is 335. The van der Waals surface area contributed by atoms with Crippen LogP contribution < -0.4 is 0 Å². The average molecular weight is 285 g/mol. The number of rotatable bonds is 2. The van der Waals surface area contributed by atoms with Gasteiger partial charge in [-0.05, 0) is 0 Å². The molecule has 2 saturated heterocycles. The average Bonchev–Trinajstić information content (AvgIpc) is 2.75. The highest BCUT2D eigenvalue weighted by Gasteiger charge is 2.38. The first-order chi connectivity index (χ1) is 8.70. The normalized spacial score (nSPS) is 26.5. The third kappa shape index (κ3) is 5.03. The largest absolute Gasteiger partial charge is 0.490 e. The fourth-order valence-corrected chi connectivity index (χ4v) is 2.10. The number of halogens is 3. The summed E-state index contributed by atoms with van der Waals surface area (Å²) in [6.07, 6.45) is -5.08. The first kappa shape index (κ1) is 15.7. The predicted octanol–water partition coefficient (Wildman–Crippen LogP) is 0.283. The van der Waals surface area contributed by atoms with E-state index in [4.69, 9.17) is 19.7 Å². The fraction of sp³-hybridized carbons (Fsp3) is 0.800. The highest BCUT2D eigenvalue weighted by atomic mass is 19.4. The van der Waals surface area contributed by atoms with Gasteiger partial charge in [-0.25, -0.2) is 4.79 Å². The quantitative estimate of drug-likeness (QED) is 0.758. The van der Waals surface area contributed by atoms with Crippen LogP contribution >= 0.6 is 0 Å². The van der Waals surface area contributed by atoms with Crippen molar-refractivity contribution in [3.8, 4) is 0 Å². The van der Waals surface area contributed by atoms with E-state index in [1.807, 2.05) is 4.90 Å². The van der Waals surface area contributed by atoms with Gasteiger partial charge in [-0.15, -0.1) is 0 Å². The maximum atomic E-state index is 10.6. The van der Waals surface area contributed by atoms with Crippen molar-refractivity contribution in [2.24, 2.45) is 11.8 Å². The second-order valence-electron chi connectivity index (χ2n) is 4.45. The number of fused-ring (bicyclic) bond motifs is 1. The molecule has 2 aliphatic rings. The molecule has 0 spiro atoms. The van der Waals surface area contributed by atoms with Crippen LogP contribution in [0.1, 0.15) is 0 Å². The smallest absolute Gasteiger partial charge is 0.480 e. The van der Waals surface area contributed by atoms with E-state index in [9.17, 15) is 18.0 Å². The molecular formula is C10H14F3NO5. The van der Waals surface area contributed by atoms with Crippen LogP contribution in [0.5, 0.6) is 0 Å². The molecule has 0 aromatic carbocycles. The Morgan fingerprint density at radius 3 is 1.89 bits per heavy atom. The molecule has 2 rings (SSSR count). The Hall–Kier alpha value is -1.35. The van der Waals surface area contributed by atoms with E-state index in [0.29, 0.717) is 11.8 Å². The molecule has 0 aromatic heterocycles. The van der Waals surface area contributed by atoms with Crippen molar-refractivity contribution >= 4 is 11.9 Å². The van der Waals surface area contributed by atoms with Gasteiger partial charge in [-0.3, -0.25) is 9.69 Å². The summed E-state index contributed by atoms with van der Waals surface area (Å²) in [7, 11) is 0. The number of carboxylic acids is 2. The van der Waals surface area contributed by atoms with Gasteiger partial charge in [-0.1, -0.05) is 0 Å². The molecule has 0 saturated carbocycles. The number of carbonyl (C=O) groups is 2. The van der Waals surface area contributed by atoms with Gasteiger partial charge >= 0.3 is 18.1 Å². The number of hydrogen-bond donors (Lipinski definition) is 2. The molecule has 2 aliphatic heterocycles. The third-order valence-corrected chi connectivity index (χ3v) is 2.92. The Morgan fingerprint density at radius 1 is 1.16 bits per heavy atom. The van der Waals surface area contributed by atoms with Crippen molar-refractivity contribution in [2.75, 3.05) is 32.8 Å². The minimum absolute atomic E-state index is 0.188. The van der Waals surface area contributed by atoms with Crippen LogP contribution in [0.25, 0.3) is 0 Å². The summed E-state index contributed by atoms with van der Waals surface area (Å²) in [5.74, 6) is -2.31. The molecule has 0 unspecified atom stereocenters. The van der Waals surface area contributed by atoms with E-state index < -0.39 is 18.1 Å². The SMILES string of the molecule is O=C(O)C(F)(F)F.O=C(O)CN1C[C@H]2COC[C@H]2C1. The number of nitrogens with zero attached hydrogens (tertiary/aromatic N) is 1. The fourth-order valence-electron chi connectivity index (χ4n) is 2.10. The lowest BCUT2D eigenvalue weighted by Gasteiger charge is -2.12. The predicted molar refractivity (Wildman–Crippen MR) is 55.6 cm³/mol. The summed E-state index contributed by atoms with van der Waals surface area (Å²) < 4.78 is 37.0. The molecule has 0 aliphatic carbocycles. The Kier molecular flexibility index (Phi) is 5.12. The van der Waals surface area contributed by atoms with Crippen molar-refractivity contribution in [3.05, 3.63) is 0 Å². The van der Waals surface area contributed by atoms with Gasteiger partial charge in [0.15, 0.2) is 0 Å². The molecule has 2 N–H and O–H groups in total. The van der Waals surface area contributed by atoms with E-state index in [1.165, 1.54) is 0 Å². The lowest BCUT2D eigenvalue weighted by molar-refractivity contribution is -0.192. The van der Waals surface area contributed by atoms with Crippen molar-refractivity contribution < 1.29 is 37.7 Å². The molecule has 2 heterocycles. The maximum absolute atomic E-state index is 10.6. The number of carboxylic acid groups (broad SMARTS) is 2. The minimum Gasteiger partial charge on any atom is -0.480 e. The van der Waals surface area contributed by atoms with Crippen molar-refractivity contribution in [1.29, 1.82) is 0 Å². The van der Waals surface area contributed by atoms with Crippen molar-refractivity contribution in [3.63, 3.8) is 0 Å². The Labute approximate surface area is 106 Å². The van der Waals surface area contributed by atoms with E-state index in [0.717, 1.165) is 26.3 Å². The summed E-state index contributed by atoms with van der Waals surface area (Å²) in [5.41, 5.74) is 0. The summed E-state index contributed by atoms with van der Waals surface area (Å²) >= 11 is 0. The van der Waals surface area contributed by atoms with Gasteiger partial charge in [0.1, 0.15) is 0 Å². The van der Waals surface area contributed by atoms with Gasteiger partial charge < -0.3 is 14.9 Å². The zero-order valence-corrected chi connectivity index (χ0v) is 9.89. The molecule has 9 heteroatoms. The van der Waals surface area contributed by atoms with Gasteiger partial charge in [0.05, 0.1) is 19.8 Å². The van der Waals surface area contributed by atoms with Crippen LogP contribution in [0.4, 0.5) is 13.2 Å². The highest BCUT2D eigenvalue weighted by molar-refractivity contribution is 5.73. The number of likely N-dealkylation sites (tertiary alicyclic amines) is 1. The van der Waals surface area contributed by atoms with Crippen LogP contribution in [0.2, 0.25) is 0 Å². The van der Waals surface area contributed by atoms with Gasteiger partial charge in [0.25, 0.3) is 0 Å². The summed E-state index contributed by atoms with van der Waals surface area (Å²) in [6, 6.07) is 0. The van der Waals surface area contributed by atoms with Gasteiger partial charge in [0.2, 0.25) is 0 Å². The van der Waals surface area contributed by atoms with E-state index >= 15 is 0 Å². The molecule has 110 valence electrons. The second-order valence-corrected chi connectivity index (χ2v) is 4.45. The van der Waals surface area contributed by atoms with Crippen LogP contribution in [0, 0.1) is 11.8 Å². The van der Waals surface area contributed by atoms with Crippen molar-refractivity contribution in [2.45, 2.75) is 6.18 Å². The van der Waals surface area contributed by atoms with Crippen LogP contribution in [-0.4, -0.2) is 66.1 Å². The van der Waals surface area contributed by atoms with Crippen LogP contribution in [-0.2, 0) is 14.3 Å². The zero-order chi connectivity index (χ0) is 14.6. The summed E-state index contributed by atoms with van der Waals surface area (Å²) in [4.78, 5) is 21.3. The summed E-state index contributed by atoms with van der Waals surface area (Å²) in [5, 5.41) is 15.7. The zero-order valence-electron chi connectivity index (χ0n) is 9.89. The standard InChI is InChI=1S/C8H13NO3.C2HF3O2/c10-8(11)3-9-1-6-4-12-5-7(6)2-9;3-2(4,5)1(6)7/h6-7H,1-5H2,(H,10,11);(H,6,7)/t6-,7+;. The molecule has 0 radical (unpaired) electrons. The first-order valence-corrected chi connectivity index (χ1v) is 5.52. The molecular weight excluding hydrogens is 271 g/mol. The number of ether oxygens (including phenoxy) is 1. The lowest BCUT2D eigenvalue weighted by atomic mass is 10.0. The molecule has 0 bridgehead atoms. The molecule has 0 aromatic rings. The van der Waals surface area contributed by atoms with E-state index in [2.05, 4.69) is 0 Å². The number of hydrogen-bond acceptors (Lipinski definition) is 4. The van der Waals surface area contributed by atoms with Crippen molar-refractivity contribution in [1.82, 2.24) is 4.90 Å². The molecule has 19 heavy (non-hydrogen) atoms. The van der Waals surface area contributed by atoms with Gasteiger partial charge in [-0.2, -0.15) is 13.2 Å². The van der Waals surface area contributed by atoms with Crippen LogP contribution in [0.15, 0.2) is 0 Å². The molecule has 0 amide bonds. The Morgan fingerprint density at radius 2 is 1.58 bits per heavy atom. The maximum Gasteiger partial charge on any atom is 0.490 e. The number of alkyl halides is 3. The van der Waals surface area contributed by atoms with Crippen LogP contribution in [0.3, 0.4) is 0 Å². The topological polar surface area (TPSA) is 87.1 Å². The molecule has 6 nitrogen and oxygen atoms in total. The number of aliphatic carboxylic acids is 2. The summed E-state index contributed by atoms with van der Waals surface area (Å²) in [6.45, 7) is 3.63. The molecule has 2 fully saturated rings. The van der Waals surface area contributed by atoms with E-state index in [-0.39, 0.29) is 6.54 Å². The van der Waals surface area contributed by atoms with Gasteiger partial charge in [0, 0.05) is 24.9 Å².